The molecule has 0 fully saturated rings. The second kappa shape index (κ2) is 5.59. The molecule has 0 aliphatic rings. The normalized spacial score (nSPS) is 11.2. The van der Waals surface area contributed by atoms with Crippen molar-refractivity contribution in [1.82, 2.24) is 14.8 Å². The van der Waals surface area contributed by atoms with Crippen LogP contribution in [0.15, 0.2) is 40.1 Å². The Morgan fingerprint density at radius 3 is 2.75 bits per heavy atom. The number of hydrogen-bond donors (Lipinski definition) is 2. The lowest BCUT2D eigenvalue weighted by atomic mass is 10.5. The molecule has 2 rings (SSSR count). The number of pyridine rings is 1. The van der Waals surface area contributed by atoms with Gasteiger partial charge in [-0.15, -0.1) is 0 Å². The van der Waals surface area contributed by atoms with E-state index in [4.69, 9.17) is 5.11 Å². The number of carbonyl (C=O) groups is 1. The lowest BCUT2D eigenvalue weighted by molar-refractivity contribution is -0.137. The highest BCUT2D eigenvalue weighted by molar-refractivity contribution is 9.10. The molecule has 2 N–H and O–H groups in total. The Morgan fingerprint density at radius 2 is 2.15 bits per heavy atom. The van der Waals surface area contributed by atoms with Crippen molar-refractivity contribution >= 4 is 37.7 Å². The monoisotopic (exact) mass is 360 g/mol. The van der Waals surface area contributed by atoms with E-state index in [0.29, 0.717) is 0 Å². The number of aromatic nitrogens is 3. The summed E-state index contributed by atoms with van der Waals surface area (Å²) in [6.07, 6.45) is 3.66. The van der Waals surface area contributed by atoms with Gasteiger partial charge < -0.3 is 5.11 Å². The molecule has 8 nitrogen and oxygen atoms in total. The van der Waals surface area contributed by atoms with E-state index >= 15 is 0 Å². The van der Waals surface area contributed by atoms with Gasteiger partial charge >= 0.3 is 5.97 Å². The maximum atomic E-state index is 12.0. The van der Waals surface area contributed by atoms with Gasteiger partial charge in [0.05, 0.1) is 6.20 Å². The minimum atomic E-state index is -3.85. The molecule has 0 aliphatic heterocycles. The minimum absolute atomic E-state index is 0.136. The van der Waals surface area contributed by atoms with Crippen LogP contribution in [0.3, 0.4) is 0 Å². The first kappa shape index (κ1) is 14.5. The van der Waals surface area contributed by atoms with Gasteiger partial charge in [-0.3, -0.25) is 14.2 Å². The molecule has 0 amide bonds. The fourth-order valence-corrected chi connectivity index (χ4v) is 2.54. The summed E-state index contributed by atoms with van der Waals surface area (Å²) in [5.41, 5.74) is 0. The molecule has 0 saturated carbocycles. The molecule has 0 unspecified atom stereocenters. The Hall–Kier alpha value is -1.94. The second-order valence-electron chi connectivity index (χ2n) is 3.73. The predicted molar refractivity (Wildman–Crippen MR) is 72.6 cm³/mol. The van der Waals surface area contributed by atoms with Gasteiger partial charge in [-0.05, 0) is 28.1 Å². The maximum absolute atomic E-state index is 12.0. The third-order valence-electron chi connectivity index (χ3n) is 2.18. The van der Waals surface area contributed by atoms with Crippen molar-refractivity contribution in [2.45, 2.75) is 11.4 Å². The molecular formula is C10H9BrN4O4S. The molecule has 0 radical (unpaired) electrons. The molecule has 0 saturated heterocycles. The molecule has 106 valence electrons. The fraction of sp³-hybridized carbons (Fsp3) is 0.100. The highest BCUT2D eigenvalue weighted by Gasteiger charge is 2.17. The Balaban J connectivity index is 2.19. The van der Waals surface area contributed by atoms with Gasteiger partial charge in [0.25, 0.3) is 10.0 Å². The van der Waals surface area contributed by atoms with E-state index in [2.05, 4.69) is 30.7 Å². The highest BCUT2D eigenvalue weighted by atomic mass is 79.9. The molecule has 2 heterocycles. The Labute approximate surface area is 122 Å². The summed E-state index contributed by atoms with van der Waals surface area (Å²) in [7, 11) is -3.85. The van der Waals surface area contributed by atoms with Crippen LogP contribution in [0.2, 0.25) is 0 Å². The van der Waals surface area contributed by atoms with Crippen LogP contribution in [0.1, 0.15) is 0 Å². The van der Waals surface area contributed by atoms with Crippen LogP contribution in [0.5, 0.6) is 0 Å². The first-order valence-electron chi connectivity index (χ1n) is 5.25. The quantitative estimate of drug-likeness (QED) is 0.819. The molecule has 20 heavy (non-hydrogen) atoms. The van der Waals surface area contributed by atoms with Gasteiger partial charge in [0, 0.05) is 16.9 Å². The Bertz CT molecular complexity index is 726. The summed E-state index contributed by atoms with van der Waals surface area (Å²) < 4.78 is 28.0. The SMILES string of the molecule is O=C(O)Cn1cc(S(=O)(=O)Nc2ccc(Br)cn2)cn1. The van der Waals surface area contributed by atoms with Gasteiger partial charge in [-0.25, -0.2) is 13.4 Å². The van der Waals surface area contributed by atoms with Crippen molar-refractivity contribution in [2.75, 3.05) is 4.72 Å². The van der Waals surface area contributed by atoms with Crippen molar-refractivity contribution in [3.8, 4) is 0 Å². The standard InChI is InChI=1S/C10H9BrN4O4S/c11-7-1-2-9(12-3-7)14-20(18,19)8-4-13-15(5-8)6-10(16)17/h1-5H,6H2,(H,12,14)(H,16,17). The third-order valence-corrected chi connectivity index (χ3v) is 3.96. The van der Waals surface area contributed by atoms with Crippen LogP contribution in [-0.2, 0) is 21.4 Å². The van der Waals surface area contributed by atoms with Crippen molar-refractivity contribution in [1.29, 1.82) is 0 Å². The number of halogens is 1. The molecule has 2 aromatic heterocycles. The van der Waals surface area contributed by atoms with Gasteiger partial charge in [0.2, 0.25) is 0 Å². The number of hydrogen-bond acceptors (Lipinski definition) is 5. The lowest BCUT2D eigenvalue weighted by Crippen LogP contribution is -2.13. The number of aliphatic carboxylic acids is 1. The highest BCUT2D eigenvalue weighted by Crippen LogP contribution is 2.15. The van der Waals surface area contributed by atoms with Crippen LogP contribution >= 0.6 is 15.9 Å². The molecule has 10 heteroatoms. The molecule has 0 aromatic carbocycles. The van der Waals surface area contributed by atoms with Gasteiger partial charge in [-0.2, -0.15) is 5.10 Å². The molecule has 0 aliphatic carbocycles. The van der Waals surface area contributed by atoms with E-state index in [1.165, 1.54) is 12.3 Å². The molecule has 0 bridgehead atoms. The van der Waals surface area contributed by atoms with Gasteiger partial charge in [-0.1, -0.05) is 0 Å². The average molecular weight is 361 g/mol. The summed E-state index contributed by atoms with van der Waals surface area (Å²) in [4.78, 5) is 14.3. The fourth-order valence-electron chi connectivity index (χ4n) is 1.34. The zero-order chi connectivity index (χ0) is 14.8. The summed E-state index contributed by atoms with van der Waals surface area (Å²) in [5, 5.41) is 12.3. The lowest BCUT2D eigenvalue weighted by Gasteiger charge is -2.04. The Kier molecular flexibility index (Phi) is 4.04. The number of nitrogens with one attached hydrogen (secondary N) is 1. The van der Waals surface area contributed by atoms with Crippen LogP contribution in [0.4, 0.5) is 5.82 Å². The molecule has 2 aromatic rings. The summed E-state index contributed by atoms with van der Waals surface area (Å²) >= 11 is 3.19. The van der Waals surface area contributed by atoms with Crippen LogP contribution in [0.25, 0.3) is 0 Å². The largest absolute Gasteiger partial charge is 0.480 e. The number of carboxylic acid groups (broad SMARTS) is 1. The van der Waals surface area contributed by atoms with E-state index in [9.17, 15) is 13.2 Å². The number of sulfonamides is 1. The molecule has 0 atom stereocenters. The smallest absolute Gasteiger partial charge is 0.325 e. The molecule has 0 spiro atoms. The van der Waals surface area contributed by atoms with E-state index in [1.807, 2.05) is 0 Å². The van der Waals surface area contributed by atoms with Crippen LogP contribution < -0.4 is 4.72 Å². The zero-order valence-electron chi connectivity index (χ0n) is 9.89. The first-order valence-corrected chi connectivity index (χ1v) is 7.53. The van der Waals surface area contributed by atoms with E-state index in [1.54, 1.807) is 6.07 Å². The van der Waals surface area contributed by atoms with Crippen LogP contribution in [0, 0.1) is 0 Å². The van der Waals surface area contributed by atoms with Crippen molar-refractivity contribution in [2.24, 2.45) is 0 Å². The minimum Gasteiger partial charge on any atom is -0.480 e. The Morgan fingerprint density at radius 1 is 1.40 bits per heavy atom. The maximum Gasteiger partial charge on any atom is 0.325 e. The number of carboxylic acids is 1. The van der Waals surface area contributed by atoms with Gasteiger partial charge in [0.1, 0.15) is 17.3 Å². The first-order chi connectivity index (χ1) is 9.37. The van der Waals surface area contributed by atoms with Crippen molar-refractivity contribution in [3.63, 3.8) is 0 Å². The predicted octanol–water partition coefficient (Wildman–Crippen LogP) is 0.926. The van der Waals surface area contributed by atoms with Crippen molar-refractivity contribution in [3.05, 3.63) is 35.2 Å². The summed E-state index contributed by atoms with van der Waals surface area (Å²) in [6, 6.07) is 3.13. The topological polar surface area (TPSA) is 114 Å². The zero-order valence-corrected chi connectivity index (χ0v) is 12.3. The molecular weight excluding hydrogens is 352 g/mol. The van der Waals surface area contributed by atoms with Crippen LogP contribution in [-0.4, -0.2) is 34.3 Å². The van der Waals surface area contributed by atoms with E-state index < -0.39 is 22.5 Å². The van der Waals surface area contributed by atoms with Gasteiger partial charge in [0.15, 0.2) is 0 Å². The van der Waals surface area contributed by atoms with E-state index in [0.717, 1.165) is 21.5 Å². The number of anilines is 1. The van der Waals surface area contributed by atoms with Crippen molar-refractivity contribution < 1.29 is 18.3 Å². The van der Waals surface area contributed by atoms with E-state index in [-0.39, 0.29) is 10.7 Å². The number of rotatable bonds is 5. The second-order valence-corrected chi connectivity index (χ2v) is 6.33. The third kappa shape index (κ3) is 3.54. The average Bonchev–Trinajstić information content (AvgIpc) is 2.80. The number of nitrogens with zero attached hydrogens (tertiary/aromatic N) is 3. The summed E-state index contributed by atoms with van der Waals surface area (Å²) in [6.45, 7) is -0.411. The summed E-state index contributed by atoms with van der Waals surface area (Å²) in [5.74, 6) is -0.959.